The van der Waals surface area contributed by atoms with Gasteiger partial charge >= 0.3 is 0 Å². The summed E-state index contributed by atoms with van der Waals surface area (Å²) in [5.74, 6) is -0.933. The van der Waals surface area contributed by atoms with Gasteiger partial charge in [0, 0.05) is 6.07 Å². The summed E-state index contributed by atoms with van der Waals surface area (Å²) < 4.78 is 26.7. The van der Waals surface area contributed by atoms with Crippen molar-refractivity contribution in [1.29, 1.82) is 0 Å². The van der Waals surface area contributed by atoms with Crippen LogP contribution < -0.4 is 5.73 Å². The lowest BCUT2D eigenvalue weighted by atomic mass is 10.1. The van der Waals surface area contributed by atoms with Gasteiger partial charge in [0.1, 0.15) is 17.2 Å². The summed E-state index contributed by atoms with van der Waals surface area (Å²) in [5, 5.41) is 0. The van der Waals surface area contributed by atoms with Gasteiger partial charge in [0.25, 0.3) is 0 Å². The second-order valence-corrected chi connectivity index (χ2v) is 4.29. The van der Waals surface area contributed by atoms with Gasteiger partial charge in [0.05, 0.1) is 11.6 Å². The number of nitrogens with zero attached hydrogens (tertiary/aromatic N) is 1. The van der Waals surface area contributed by atoms with Gasteiger partial charge in [-0.2, -0.15) is 0 Å². The predicted octanol–water partition coefficient (Wildman–Crippen LogP) is 2.89. The minimum absolute atomic E-state index is 0.0998. The molecule has 0 aliphatic carbocycles. The lowest BCUT2D eigenvalue weighted by molar-refractivity contribution is 0.590. The topological polar surface area (TPSA) is 54.7 Å². The Morgan fingerprint density at radius 3 is 2.58 bits per heavy atom. The first-order valence-electron chi connectivity index (χ1n) is 5.80. The van der Waals surface area contributed by atoms with Crippen LogP contribution in [0.2, 0.25) is 0 Å². The van der Waals surface area contributed by atoms with E-state index in [1.54, 1.807) is 0 Å². The summed E-state index contributed by atoms with van der Waals surface area (Å²) in [6.07, 6.45) is 0. The minimum Gasteiger partial charge on any atom is -0.340 e. The maximum Gasteiger partial charge on any atom is 0.153 e. The van der Waals surface area contributed by atoms with Crippen LogP contribution in [0.15, 0.2) is 42.5 Å². The number of fused-ring (bicyclic) bond motifs is 1. The molecule has 1 atom stereocenters. The Morgan fingerprint density at radius 1 is 1.11 bits per heavy atom. The zero-order chi connectivity index (χ0) is 13.4. The van der Waals surface area contributed by atoms with E-state index in [0.717, 1.165) is 11.6 Å². The summed E-state index contributed by atoms with van der Waals surface area (Å²) >= 11 is 0. The number of benzene rings is 2. The average Bonchev–Trinajstić information content (AvgIpc) is 2.83. The Kier molecular flexibility index (Phi) is 2.76. The second kappa shape index (κ2) is 4.44. The molecule has 19 heavy (non-hydrogen) atoms. The number of H-pyrrole nitrogens is 1. The highest BCUT2D eigenvalue weighted by Crippen LogP contribution is 2.22. The van der Waals surface area contributed by atoms with Gasteiger partial charge in [-0.05, 0) is 11.6 Å². The highest BCUT2D eigenvalue weighted by molar-refractivity contribution is 5.76. The summed E-state index contributed by atoms with van der Waals surface area (Å²) in [7, 11) is 0. The first-order valence-corrected chi connectivity index (χ1v) is 5.80. The Bertz CT molecular complexity index is 722. The van der Waals surface area contributed by atoms with E-state index in [1.807, 2.05) is 30.3 Å². The van der Waals surface area contributed by atoms with Gasteiger partial charge in [-0.15, -0.1) is 0 Å². The van der Waals surface area contributed by atoms with Crippen LogP contribution in [0.3, 0.4) is 0 Å². The Morgan fingerprint density at radius 2 is 1.84 bits per heavy atom. The summed E-state index contributed by atoms with van der Waals surface area (Å²) in [6.45, 7) is 0. The molecule has 1 heterocycles. The monoisotopic (exact) mass is 259 g/mol. The Balaban J connectivity index is 2.09. The molecule has 3 N–H and O–H groups in total. The number of hydrogen-bond acceptors (Lipinski definition) is 2. The molecule has 0 bridgehead atoms. The smallest absolute Gasteiger partial charge is 0.153 e. The van der Waals surface area contributed by atoms with E-state index in [9.17, 15) is 8.78 Å². The van der Waals surface area contributed by atoms with E-state index in [-0.39, 0.29) is 5.52 Å². The molecule has 0 saturated carbocycles. The van der Waals surface area contributed by atoms with Crippen molar-refractivity contribution in [2.75, 3.05) is 0 Å². The van der Waals surface area contributed by atoms with Crippen molar-refractivity contribution in [1.82, 2.24) is 9.97 Å². The third-order valence-electron chi connectivity index (χ3n) is 2.98. The van der Waals surface area contributed by atoms with Gasteiger partial charge in [-0.25, -0.2) is 13.8 Å². The van der Waals surface area contributed by atoms with E-state index >= 15 is 0 Å². The van der Waals surface area contributed by atoms with E-state index in [2.05, 4.69) is 9.97 Å². The zero-order valence-corrected chi connectivity index (χ0v) is 9.90. The molecule has 0 saturated heterocycles. The Labute approximate surface area is 108 Å². The fourth-order valence-corrected chi connectivity index (χ4v) is 2.03. The number of aromatic amines is 1. The SMILES string of the molecule is NC(c1ccccc1)c1nc2c(F)cc(F)cc2[nH]1. The predicted molar refractivity (Wildman–Crippen MR) is 68.5 cm³/mol. The zero-order valence-electron chi connectivity index (χ0n) is 9.90. The number of rotatable bonds is 2. The van der Waals surface area contributed by atoms with Crippen molar-refractivity contribution in [2.24, 2.45) is 5.73 Å². The molecule has 0 aliphatic rings. The molecule has 1 unspecified atom stereocenters. The lowest BCUT2D eigenvalue weighted by Crippen LogP contribution is -2.13. The molecule has 5 heteroatoms. The quantitative estimate of drug-likeness (QED) is 0.743. The average molecular weight is 259 g/mol. The van der Waals surface area contributed by atoms with E-state index in [4.69, 9.17) is 5.73 Å². The largest absolute Gasteiger partial charge is 0.340 e. The van der Waals surface area contributed by atoms with Crippen LogP contribution in [0, 0.1) is 11.6 Å². The molecule has 0 aliphatic heterocycles. The fourth-order valence-electron chi connectivity index (χ4n) is 2.03. The molecule has 96 valence electrons. The van der Waals surface area contributed by atoms with Crippen LogP contribution in [0.1, 0.15) is 17.4 Å². The second-order valence-electron chi connectivity index (χ2n) is 4.29. The van der Waals surface area contributed by atoms with Crippen molar-refractivity contribution < 1.29 is 8.78 Å². The highest BCUT2D eigenvalue weighted by atomic mass is 19.1. The van der Waals surface area contributed by atoms with E-state index < -0.39 is 17.7 Å². The molecule has 0 fully saturated rings. The van der Waals surface area contributed by atoms with Gasteiger partial charge < -0.3 is 10.7 Å². The van der Waals surface area contributed by atoms with Crippen LogP contribution in [0.5, 0.6) is 0 Å². The highest BCUT2D eigenvalue weighted by Gasteiger charge is 2.15. The van der Waals surface area contributed by atoms with Crippen molar-refractivity contribution >= 4 is 11.0 Å². The molecule has 3 rings (SSSR count). The molecule has 0 amide bonds. The van der Waals surface area contributed by atoms with Crippen molar-refractivity contribution in [3.05, 3.63) is 65.5 Å². The van der Waals surface area contributed by atoms with Gasteiger partial charge in [-0.1, -0.05) is 30.3 Å². The number of aromatic nitrogens is 2. The normalized spacial score (nSPS) is 12.8. The van der Waals surface area contributed by atoms with Crippen LogP contribution >= 0.6 is 0 Å². The third kappa shape index (κ3) is 2.08. The summed E-state index contributed by atoms with van der Waals surface area (Å²) in [6, 6.07) is 10.8. The molecule has 3 nitrogen and oxygen atoms in total. The van der Waals surface area contributed by atoms with Crippen LogP contribution in [0.4, 0.5) is 8.78 Å². The minimum atomic E-state index is -0.697. The number of nitrogens with two attached hydrogens (primary N) is 1. The van der Waals surface area contributed by atoms with Crippen molar-refractivity contribution in [3.8, 4) is 0 Å². The van der Waals surface area contributed by atoms with Crippen molar-refractivity contribution in [2.45, 2.75) is 6.04 Å². The number of nitrogens with one attached hydrogen (secondary N) is 1. The molecular formula is C14H11F2N3. The molecule has 0 spiro atoms. The van der Waals surface area contributed by atoms with E-state index in [1.165, 1.54) is 6.07 Å². The lowest BCUT2D eigenvalue weighted by Gasteiger charge is -2.08. The number of hydrogen-bond donors (Lipinski definition) is 2. The van der Waals surface area contributed by atoms with Gasteiger partial charge in [0.15, 0.2) is 5.82 Å². The maximum atomic E-state index is 13.6. The third-order valence-corrected chi connectivity index (χ3v) is 2.98. The summed E-state index contributed by atoms with van der Waals surface area (Å²) in [4.78, 5) is 6.97. The Hall–Kier alpha value is -2.27. The van der Waals surface area contributed by atoms with Crippen LogP contribution in [0.25, 0.3) is 11.0 Å². The maximum absolute atomic E-state index is 13.6. The first kappa shape index (κ1) is 11.8. The molecular weight excluding hydrogens is 248 g/mol. The number of imidazole rings is 1. The molecule has 2 aromatic carbocycles. The standard InChI is InChI=1S/C14H11F2N3/c15-9-6-10(16)13-11(7-9)18-14(19-13)12(17)8-4-2-1-3-5-8/h1-7,12H,17H2,(H,18,19). The first-order chi connectivity index (χ1) is 9.15. The van der Waals surface area contributed by atoms with Gasteiger partial charge in [-0.3, -0.25) is 0 Å². The van der Waals surface area contributed by atoms with Gasteiger partial charge in [0.2, 0.25) is 0 Å². The van der Waals surface area contributed by atoms with Crippen molar-refractivity contribution in [3.63, 3.8) is 0 Å². The van der Waals surface area contributed by atoms with E-state index in [0.29, 0.717) is 11.3 Å². The number of halogens is 2. The van der Waals surface area contributed by atoms with Crippen LogP contribution in [-0.4, -0.2) is 9.97 Å². The molecule has 0 radical (unpaired) electrons. The van der Waals surface area contributed by atoms with Crippen LogP contribution in [-0.2, 0) is 0 Å². The molecule has 1 aromatic heterocycles. The fraction of sp³-hybridized carbons (Fsp3) is 0.0714. The molecule has 3 aromatic rings. The summed E-state index contributed by atoms with van der Waals surface area (Å²) in [5.41, 5.74) is 7.31.